The number of rotatable bonds is 1. The second-order valence-electron chi connectivity index (χ2n) is 2.68. The molecule has 1 aromatic heterocycles. The van der Waals surface area contributed by atoms with Gasteiger partial charge in [0.15, 0.2) is 0 Å². The second-order valence-corrected chi connectivity index (χ2v) is 3.43. The minimum absolute atomic E-state index is 0.284. The highest BCUT2D eigenvalue weighted by atomic mass is 79.9. The van der Waals surface area contributed by atoms with Gasteiger partial charge in [-0.05, 0) is 0 Å². The maximum absolute atomic E-state index is 5.49. The zero-order valence-corrected chi connectivity index (χ0v) is 8.53. The molecule has 0 aliphatic carbocycles. The van der Waals surface area contributed by atoms with E-state index in [1.165, 1.54) is 0 Å². The van der Waals surface area contributed by atoms with Crippen molar-refractivity contribution in [2.24, 2.45) is 0 Å². The fourth-order valence-corrected chi connectivity index (χ4v) is 1.54. The molecule has 0 radical (unpaired) electrons. The standard InChI is InChI=1S/C6H10BrN4O2/c7-5-6(8)13-9-11(5)10-1-3-12-4-2-10/h1-4,8H2/q+1. The molecule has 0 amide bonds. The highest BCUT2D eigenvalue weighted by molar-refractivity contribution is 9.10. The third kappa shape index (κ3) is 1.61. The van der Waals surface area contributed by atoms with Crippen molar-refractivity contribution in [1.29, 1.82) is 0 Å². The first-order chi connectivity index (χ1) is 6.29. The smallest absolute Gasteiger partial charge is 0.372 e. The summed E-state index contributed by atoms with van der Waals surface area (Å²) in [5, 5.41) is 5.77. The molecule has 2 N–H and O–H groups in total. The predicted octanol–water partition coefficient (Wildman–Crippen LogP) is -0.725. The van der Waals surface area contributed by atoms with Crippen molar-refractivity contribution >= 4 is 21.8 Å². The molecule has 2 heterocycles. The highest BCUT2D eigenvalue weighted by Crippen LogP contribution is 2.12. The predicted molar refractivity (Wildman–Crippen MR) is 47.6 cm³/mol. The lowest BCUT2D eigenvalue weighted by Crippen LogP contribution is -2.63. The number of nitrogens with two attached hydrogens (primary N) is 1. The fourth-order valence-electron chi connectivity index (χ4n) is 1.17. The molecule has 1 aliphatic rings. The third-order valence-corrected chi connectivity index (χ3v) is 2.56. The van der Waals surface area contributed by atoms with Gasteiger partial charge < -0.3 is 10.5 Å². The van der Waals surface area contributed by atoms with Crippen LogP contribution in [-0.2, 0) is 4.74 Å². The number of anilines is 1. The zero-order valence-electron chi connectivity index (χ0n) is 6.94. The van der Waals surface area contributed by atoms with Gasteiger partial charge in [0.1, 0.15) is 0 Å². The lowest BCUT2D eigenvalue weighted by atomic mass is 10.5. The maximum Gasteiger partial charge on any atom is 0.372 e. The summed E-state index contributed by atoms with van der Waals surface area (Å²) in [5.41, 5.74) is 5.49. The largest absolute Gasteiger partial charge is 0.377 e. The molecule has 1 aromatic rings. The molecule has 1 fully saturated rings. The van der Waals surface area contributed by atoms with E-state index in [4.69, 9.17) is 15.0 Å². The second kappa shape index (κ2) is 3.51. The zero-order chi connectivity index (χ0) is 9.26. The van der Waals surface area contributed by atoms with Crippen LogP contribution in [0.2, 0.25) is 0 Å². The Hall–Kier alpha value is -0.820. The average Bonchev–Trinajstić information content (AvgIpc) is 2.49. The van der Waals surface area contributed by atoms with Crippen LogP contribution in [0.5, 0.6) is 0 Å². The van der Waals surface area contributed by atoms with Gasteiger partial charge in [-0.3, -0.25) is 4.52 Å². The summed E-state index contributed by atoms with van der Waals surface area (Å²) in [5.74, 6) is 0.284. The monoisotopic (exact) mass is 249 g/mol. The summed E-state index contributed by atoms with van der Waals surface area (Å²) in [4.78, 5) is 1.61. The van der Waals surface area contributed by atoms with Crippen molar-refractivity contribution in [3.8, 4) is 0 Å². The van der Waals surface area contributed by atoms with Crippen LogP contribution in [0.4, 0.5) is 5.88 Å². The van der Waals surface area contributed by atoms with Gasteiger partial charge in [-0.2, -0.15) is 0 Å². The summed E-state index contributed by atoms with van der Waals surface area (Å²) in [6, 6.07) is 0. The first-order valence-electron chi connectivity index (χ1n) is 3.95. The van der Waals surface area contributed by atoms with Crippen molar-refractivity contribution in [3.63, 3.8) is 0 Å². The van der Waals surface area contributed by atoms with Crippen molar-refractivity contribution in [3.05, 3.63) is 4.60 Å². The van der Waals surface area contributed by atoms with Crippen LogP contribution >= 0.6 is 15.9 Å². The maximum atomic E-state index is 5.49. The van der Waals surface area contributed by atoms with E-state index in [2.05, 4.69) is 21.2 Å². The Morgan fingerprint density at radius 1 is 1.46 bits per heavy atom. The Labute approximate surface area is 83.3 Å². The number of ether oxygens (including phenoxy) is 1. The van der Waals surface area contributed by atoms with E-state index in [0.717, 1.165) is 13.1 Å². The van der Waals surface area contributed by atoms with E-state index in [1.54, 1.807) is 4.79 Å². The fraction of sp³-hybridized carbons (Fsp3) is 0.667. The van der Waals surface area contributed by atoms with Crippen molar-refractivity contribution in [2.75, 3.05) is 37.0 Å². The molecular weight excluding hydrogens is 240 g/mol. The lowest BCUT2D eigenvalue weighted by molar-refractivity contribution is -0.768. The molecule has 0 spiro atoms. The van der Waals surface area contributed by atoms with Crippen molar-refractivity contribution in [1.82, 2.24) is 5.27 Å². The van der Waals surface area contributed by atoms with Crippen LogP contribution in [0, 0.1) is 0 Å². The molecule has 1 saturated heterocycles. The number of hydrogen-bond donors (Lipinski definition) is 1. The first kappa shape index (κ1) is 8.76. The number of hydrogen-bond acceptors (Lipinski definition) is 5. The molecule has 0 atom stereocenters. The Balaban J connectivity index is 2.18. The van der Waals surface area contributed by atoms with Crippen LogP contribution in [0.25, 0.3) is 0 Å². The number of nitrogen functional groups attached to an aromatic ring is 1. The van der Waals surface area contributed by atoms with Gasteiger partial charge >= 0.3 is 10.5 Å². The van der Waals surface area contributed by atoms with Crippen molar-refractivity contribution < 1.29 is 14.1 Å². The Morgan fingerprint density at radius 2 is 2.15 bits per heavy atom. The van der Waals surface area contributed by atoms with Crippen LogP contribution in [-0.4, -0.2) is 31.6 Å². The summed E-state index contributed by atoms with van der Waals surface area (Å²) in [6.45, 7) is 2.98. The number of halogens is 1. The summed E-state index contributed by atoms with van der Waals surface area (Å²) >= 11 is 3.28. The normalized spacial score (nSPS) is 17.8. The summed E-state index contributed by atoms with van der Waals surface area (Å²) in [6.07, 6.45) is 0. The summed E-state index contributed by atoms with van der Waals surface area (Å²) in [7, 11) is 0. The number of nitrogens with zero attached hydrogens (tertiary/aromatic N) is 3. The van der Waals surface area contributed by atoms with Crippen LogP contribution < -0.4 is 15.5 Å². The molecule has 0 aromatic carbocycles. The molecule has 7 heteroatoms. The van der Waals surface area contributed by atoms with Gasteiger partial charge in [-0.1, -0.05) is 0 Å². The molecule has 1 aliphatic heterocycles. The van der Waals surface area contributed by atoms with E-state index in [9.17, 15) is 0 Å². The molecule has 0 bridgehead atoms. The minimum Gasteiger partial charge on any atom is -0.377 e. The first-order valence-corrected chi connectivity index (χ1v) is 4.74. The average molecular weight is 250 g/mol. The molecule has 6 nitrogen and oxygen atoms in total. The topological polar surface area (TPSA) is 68.4 Å². The van der Waals surface area contributed by atoms with Gasteiger partial charge in [0.2, 0.25) is 5.27 Å². The lowest BCUT2D eigenvalue weighted by Gasteiger charge is -2.18. The number of morpholine rings is 1. The quantitative estimate of drug-likeness (QED) is 0.666. The SMILES string of the molecule is Nc1on[n+](N2CCOCC2)c1Br. The van der Waals surface area contributed by atoms with Gasteiger partial charge in [0.25, 0.3) is 0 Å². The van der Waals surface area contributed by atoms with E-state index < -0.39 is 0 Å². The Morgan fingerprint density at radius 3 is 2.69 bits per heavy atom. The van der Waals surface area contributed by atoms with Gasteiger partial charge in [-0.15, -0.1) is 5.01 Å². The van der Waals surface area contributed by atoms with E-state index in [0.29, 0.717) is 17.8 Å². The third-order valence-electron chi connectivity index (χ3n) is 1.85. The van der Waals surface area contributed by atoms with Crippen LogP contribution in [0.1, 0.15) is 0 Å². The van der Waals surface area contributed by atoms with Crippen LogP contribution in [0.15, 0.2) is 9.13 Å². The van der Waals surface area contributed by atoms with Gasteiger partial charge in [-0.25, -0.2) is 0 Å². The van der Waals surface area contributed by atoms with E-state index in [1.807, 2.05) is 5.01 Å². The van der Waals surface area contributed by atoms with Gasteiger partial charge in [0.05, 0.1) is 31.1 Å². The minimum atomic E-state index is 0.284. The molecule has 2 rings (SSSR count). The molecule has 0 unspecified atom stereocenters. The van der Waals surface area contributed by atoms with Gasteiger partial charge in [0, 0.05) is 15.9 Å². The van der Waals surface area contributed by atoms with Crippen LogP contribution in [0.3, 0.4) is 0 Å². The Bertz CT molecular complexity index is 297. The van der Waals surface area contributed by atoms with E-state index in [-0.39, 0.29) is 5.88 Å². The molecule has 13 heavy (non-hydrogen) atoms. The Kier molecular flexibility index (Phi) is 2.36. The van der Waals surface area contributed by atoms with E-state index >= 15 is 0 Å². The molecule has 0 saturated carbocycles. The molecular formula is C6H10BrN4O2+. The highest BCUT2D eigenvalue weighted by Gasteiger charge is 2.28. The van der Waals surface area contributed by atoms with Crippen molar-refractivity contribution in [2.45, 2.75) is 0 Å². The molecule has 72 valence electrons. The number of aromatic nitrogens is 2. The summed E-state index contributed by atoms with van der Waals surface area (Å²) < 4.78 is 10.7.